The van der Waals surface area contributed by atoms with E-state index in [0.29, 0.717) is 0 Å². The van der Waals surface area contributed by atoms with Crippen LogP contribution in [0.1, 0.15) is 25.3 Å². The third-order valence-corrected chi connectivity index (χ3v) is 4.59. The molecule has 2 atom stereocenters. The van der Waals surface area contributed by atoms with E-state index in [1.54, 1.807) is 0 Å². The van der Waals surface area contributed by atoms with Crippen molar-refractivity contribution < 1.29 is 14.0 Å². The molecule has 0 amide bonds. The molecule has 0 aliphatic heterocycles. The fourth-order valence-corrected chi connectivity index (χ4v) is 2.84. The number of nitro benzene ring substituents is 2. The highest BCUT2D eigenvalue weighted by Crippen LogP contribution is 2.35. The number of benzene rings is 2. The van der Waals surface area contributed by atoms with Crippen LogP contribution in [0.5, 0.6) is 0 Å². The Labute approximate surface area is 143 Å². The molecule has 0 bridgehead atoms. The van der Waals surface area contributed by atoms with Gasteiger partial charge < -0.3 is 4.18 Å². The minimum absolute atomic E-state index is 0.0933. The van der Waals surface area contributed by atoms with Crippen molar-refractivity contribution in [3.63, 3.8) is 0 Å². The van der Waals surface area contributed by atoms with Crippen LogP contribution in [0.3, 0.4) is 0 Å². The van der Waals surface area contributed by atoms with Gasteiger partial charge in [-0.05, 0) is 18.6 Å². The Morgan fingerprint density at radius 1 is 1.00 bits per heavy atom. The molecular weight excluding hydrogens is 332 g/mol. The molecule has 24 heavy (non-hydrogen) atoms. The van der Waals surface area contributed by atoms with Gasteiger partial charge >= 0.3 is 0 Å². The zero-order chi connectivity index (χ0) is 17.7. The highest BCUT2D eigenvalue weighted by atomic mass is 32.2. The second-order valence-corrected chi connectivity index (χ2v) is 6.05. The van der Waals surface area contributed by atoms with Crippen LogP contribution in [0.4, 0.5) is 11.4 Å². The molecule has 0 aromatic heterocycles. The highest BCUT2D eigenvalue weighted by molar-refractivity contribution is 7.94. The van der Waals surface area contributed by atoms with Crippen LogP contribution in [-0.2, 0) is 4.18 Å². The lowest BCUT2D eigenvalue weighted by Gasteiger charge is -2.19. The van der Waals surface area contributed by atoms with Crippen molar-refractivity contribution in [3.8, 4) is 0 Å². The molecule has 0 aliphatic carbocycles. The van der Waals surface area contributed by atoms with Gasteiger partial charge in [0.1, 0.15) is 4.90 Å². The van der Waals surface area contributed by atoms with Crippen molar-refractivity contribution in [1.29, 1.82) is 0 Å². The van der Waals surface area contributed by atoms with Crippen molar-refractivity contribution in [1.82, 2.24) is 0 Å². The van der Waals surface area contributed by atoms with E-state index in [-0.39, 0.29) is 28.3 Å². The summed E-state index contributed by atoms with van der Waals surface area (Å²) in [7, 11) is 0. The first-order valence-corrected chi connectivity index (χ1v) is 7.95. The number of nitrogens with zero attached hydrogens (tertiary/aromatic N) is 2. The molecule has 8 heteroatoms. The van der Waals surface area contributed by atoms with E-state index in [1.165, 1.54) is 12.1 Å². The normalized spacial score (nSPS) is 13.2. The lowest BCUT2D eigenvalue weighted by Crippen LogP contribution is -2.13. The molecule has 0 aliphatic rings. The van der Waals surface area contributed by atoms with Gasteiger partial charge in [-0.25, -0.2) is 0 Å². The first-order chi connectivity index (χ1) is 11.4. The zero-order valence-electron chi connectivity index (χ0n) is 13.1. The Bertz CT molecular complexity index is 739. The molecule has 7 nitrogen and oxygen atoms in total. The molecular formula is C16H16N2O5S. The second-order valence-electron chi connectivity index (χ2n) is 5.25. The van der Waals surface area contributed by atoms with Gasteiger partial charge in [-0.1, -0.05) is 37.3 Å². The van der Waals surface area contributed by atoms with E-state index in [4.69, 9.17) is 4.18 Å². The molecule has 0 saturated carbocycles. The fraction of sp³-hybridized carbons (Fsp3) is 0.250. The highest BCUT2D eigenvalue weighted by Gasteiger charge is 2.22. The summed E-state index contributed by atoms with van der Waals surface area (Å²) < 4.78 is 5.68. The molecule has 0 saturated heterocycles. The molecule has 0 spiro atoms. The van der Waals surface area contributed by atoms with Crippen molar-refractivity contribution in [2.24, 2.45) is 0 Å². The van der Waals surface area contributed by atoms with Crippen LogP contribution in [0.25, 0.3) is 0 Å². The van der Waals surface area contributed by atoms with Crippen LogP contribution < -0.4 is 0 Å². The zero-order valence-corrected chi connectivity index (χ0v) is 13.9. The molecule has 0 unspecified atom stereocenters. The Balaban J connectivity index is 2.11. The van der Waals surface area contributed by atoms with Gasteiger partial charge in [-0.15, -0.1) is 0 Å². The van der Waals surface area contributed by atoms with E-state index in [0.717, 1.165) is 23.7 Å². The van der Waals surface area contributed by atoms with Crippen molar-refractivity contribution in [3.05, 3.63) is 74.3 Å². The monoisotopic (exact) mass is 348 g/mol. The van der Waals surface area contributed by atoms with E-state index in [1.807, 2.05) is 44.2 Å². The average Bonchev–Trinajstić information content (AvgIpc) is 2.59. The van der Waals surface area contributed by atoms with Gasteiger partial charge in [-0.3, -0.25) is 20.2 Å². The lowest BCUT2D eigenvalue weighted by atomic mass is 9.97. The molecule has 2 aromatic rings. The number of rotatable bonds is 7. The van der Waals surface area contributed by atoms with Gasteiger partial charge in [-0.2, -0.15) is 0 Å². The topological polar surface area (TPSA) is 95.5 Å². The van der Waals surface area contributed by atoms with Gasteiger partial charge in [0.15, 0.2) is 0 Å². The lowest BCUT2D eigenvalue weighted by molar-refractivity contribution is -0.396. The summed E-state index contributed by atoms with van der Waals surface area (Å²) >= 11 is 0.863. The largest absolute Gasteiger partial charge is 0.306 e. The van der Waals surface area contributed by atoms with E-state index >= 15 is 0 Å². The molecule has 0 radical (unpaired) electrons. The third-order valence-electron chi connectivity index (χ3n) is 3.67. The summed E-state index contributed by atoms with van der Waals surface area (Å²) in [5.41, 5.74) is 0.439. The van der Waals surface area contributed by atoms with E-state index in [9.17, 15) is 20.2 Å². The molecule has 126 valence electrons. The van der Waals surface area contributed by atoms with Gasteiger partial charge in [0.2, 0.25) is 0 Å². The van der Waals surface area contributed by atoms with Gasteiger partial charge in [0, 0.05) is 24.0 Å². The van der Waals surface area contributed by atoms with E-state index in [2.05, 4.69) is 0 Å². The van der Waals surface area contributed by atoms with E-state index < -0.39 is 9.85 Å². The molecule has 2 rings (SSSR count). The Morgan fingerprint density at radius 3 is 2.25 bits per heavy atom. The number of hydrogen-bond donors (Lipinski definition) is 0. The SMILES string of the molecule is C[C@H](OSc1ccc([N+](=O)[O-])cc1[N+](=O)[O-])[C@@H](C)c1ccccc1. The maximum Gasteiger partial charge on any atom is 0.292 e. The van der Waals surface area contributed by atoms with Crippen molar-refractivity contribution >= 4 is 23.4 Å². The molecule has 0 fully saturated rings. The molecule has 2 aromatic carbocycles. The predicted molar refractivity (Wildman–Crippen MR) is 91.0 cm³/mol. The standard InChI is InChI=1S/C16H16N2O5S/c1-11(13-6-4-3-5-7-13)12(2)23-24-16-9-8-14(17(19)20)10-15(16)18(21)22/h3-12H,1-2H3/t11-,12+/m1/s1. The summed E-state index contributed by atoms with van der Waals surface area (Å²) in [6, 6.07) is 13.3. The summed E-state index contributed by atoms with van der Waals surface area (Å²) in [5, 5.41) is 21.9. The summed E-state index contributed by atoms with van der Waals surface area (Å²) in [6.07, 6.45) is -0.202. The Hall–Kier alpha value is -2.45. The maximum atomic E-state index is 11.1. The minimum atomic E-state index is -0.664. The first kappa shape index (κ1) is 17.9. The van der Waals surface area contributed by atoms with Crippen molar-refractivity contribution in [2.75, 3.05) is 0 Å². The summed E-state index contributed by atoms with van der Waals surface area (Å²) in [6.45, 7) is 3.88. The van der Waals surface area contributed by atoms with Crippen LogP contribution in [-0.4, -0.2) is 16.0 Å². The quantitative estimate of drug-likeness (QED) is 0.408. The fourth-order valence-electron chi connectivity index (χ4n) is 2.07. The Morgan fingerprint density at radius 2 is 1.67 bits per heavy atom. The van der Waals surface area contributed by atoms with Crippen LogP contribution in [0.2, 0.25) is 0 Å². The number of nitro groups is 2. The molecule has 0 N–H and O–H groups in total. The summed E-state index contributed by atoms with van der Waals surface area (Å²) in [4.78, 5) is 20.8. The van der Waals surface area contributed by atoms with Crippen LogP contribution >= 0.6 is 12.0 Å². The maximum absolute atomic E-state index is 11.1. The smallest absolute Gasteiger partial charge is 0.292 e. The average molecular weight is 348 g/mol. The number of hydrogen-bond acceptors (Lipinski definition) is 6. The summed E-state index contributed by atoms with van der Waals surface area (Å²) in [5.74, 6) is 0.0933. The Kier molecular flexibility index (Phi) is 5.88. The minimum Gasteiger partial charge on any atom is -0.306 e. The number of non-ortho nitro benzene ring substituents is 1. The van der Waals surface area contributed by atoms with Crippen LogP contribution in [0, 0.1) is 20.2 Å². The van der Waals surface area contributed by atoms with Crippen LogP contribution in [0.15, 0.2) is 53.4 Å². The van der Waals surface area contributed by atoms with Crippen molar-refractivity contribution in [2.45, 2.75) is 30.8 Å². The second kappa shape index (κ2) is 7.89. The van der Waals surface area contributed by atoms with Gasteiger partial charge in [0.25, 0.3) is 11.4 Å². The van der Waals surface area contributed by atoms with Gasteiger partial charge in [0.05, 0.1) is 22.0 Å². The molecule has 0 heterocycles. The first-order valence-electron chi connectivity index (χ1n) is 7.21. The predicted octanol–water partition coefficient (Wildman–Crippen LogP) is 4.72. The third kappa shape index (κ3) is 4.30.